The normalized spacial score (nSPS) is 19.2. The van der Waals surface area contributed by atoms with Crippen LogP contribution in [0.15, 0.2) is 114 Å². The second-order valence-corrected chi connectivity index (χ2v) is 29.3. The maximum atomic E-state index is 6.50. The van der Waals surface area contributed by atoms with Crippen LogP contribution in [0.1, 0.15) is 66.5 Å². The number of hydrogen-bond donors (Lipinski definition) is 0. The maximum Gasteiger partial charge on any atom is 0.495 e. The molecule has 2 aromatic heterocycles. The molecule has 0 radical (unpaired) electrons. The predicted molar refractivity (Wildman–Crippen MR) is 327 cm³/mol. The van der Waals surface area contributed by atoms with Crippen LogP contribution in [-0.2, 0) is 31.7 Å². The van der Waals surface area contributed by atoms with E-state index in [0.717, 1.165) is 44.6 Å². The van der Waals surface area contributed by atoms with Crippen LogP contribution in [0.2, 0.25) is 0 Å². The van der Waals surface area contributed by atoms with E-state index >= 15 is 0 Å². The van der Waals surface area contributed by atoms with Gasteiger partial charge in [-0.15, -0.1) is 57.2 Å². The minimum absolute atomic E-state index is 0.447. The number of thioether (sulfide) groups is 8. The summed E-state index contributed by atoms with van der Waals surface area (Å²) in [6.45, 7) is 17.7. The molecule has 20 heteroatoms. The highest BCUT2D eigenvalue weighted by Gasteiger charge is 2.53. The molecule has 7 aromatic rings. The Morgan fingerprint density at radius 2 is 0.797 bits per heavy atom. The summed E-state index contributed by atoms with van der Waals surface area (Å²) in [5.41, 5.74) is 5.98. The van der Waals surface area contributed by atoms with Crippen molar-refractivity contribution in [2.75, 3.05) is 25.0 Å². The number of nitrogens with zero attached hydrogens (tertiary/aromatic N) is 6. The van der Waals surface area contributed by atoms with Crippen molar-refractivity contribution in [1.29, 1.82) is 0 Å². The first-order valence-corrected chi connectivity index (χ1v) is 32.4. The summed E-state index contributed by atoms with van der Waals surface area (Å²) in [5, 5.41) is 26.2. The molecule has 2 fully saturated rings. The van der Waals surface area contributed by atoms with Crippen molar-refractivity contribution in [3.63, 3.8) is 0 Å². The summed E-state index contributed by atoms with van der Waals surface area (Å²) < 4.78 is 37.7. The highest BCUT2D eigenvalue weighted by Crippen LogP contribution is 2.58. The second-order valence-electron chi connectivity index (χ2n) is 20.4. The molecule has 0 saturated carbocycles. The first kappa shape index (κ1) is 52.9. The smallest absolute Gasteiger partial charge is 0.399 e. The van der Waals surface area contributed by atoms with E-state index in [1.54, 1.807) is 0 Å². The van der Waals surface area contributed by atoms with Crippen LogP contribution < -0.4 is 21.4 Å². The summed E-state index contributed by atoms with van der Waals surface area (Å²) in [7, 11) is -0.955. The van der Waals surface area contributed by atoms with Crippen molar-refractivity contribution in [2.45, 2.75) is 90.9 Å². The van der Waals surface area contributed by atoms with Gasteiger partial charge < -0.3 is 18.6 Å². The molecule has 0 spiro atoms. The van der Waals surface area contributed by atoms with Gasteiger partial charge in [-0.1, -0.05) is 130 Å². The molecule has 0 N–H and O–H groups in total. The molecule has 4 aliphatic rings. The molecule has 2 saturated heterocycles. The highest BCUT2D eigenvalue weighted by atomic mass is 32.3. The van der Waals surface area contributed by atoms with E-state index in [1.807, 2.05) is 116 Å². The zero-order valence-corrected chi connectivity index (χ0v) is 49.9. The molecule has 0 unspecified atom stereocenters. The van der Waals surface area contributed by atoms with Gasteiger partial charge in [0.25, 0.3) is 0 Å². The SMILES string of the molecule is CSC1=C(SC)SC(=c2c3ccc(-c4cn(Cc5ccccc5B5OC(C)(C)C(C)(C)O5)nn4)cc3c(=C3SC(SC)=C(SC)S3)c3ccc(-c4cn(Cc5ccccc5B5OC(C)(C)C(C)(C)O5)nn4)cc23)S1. The zero-order chi connectivity index (χ0) is 51.9. The highest BCUT2D eigenvalue weighted by molar-refractivity contribution is 8.46. The average Bonchev–Trinajstić information content (AvgIpc) is 4.25. The fraction of sp³-hybridized carbons (Fsp3) is 0.333. The summed E-state index contributed by atoms with van der Waals surface area (Å²) in [6, 6.07) is 30.4. The topological polar surface area (TPSA) is 98.3 Å². The van der Waals surface area contributed by atoms with Crippen molar-refractivity contribution in [1.82, 2.24) is 30.0 Å². The van der Waals surface area contributed by atoms with Crippen molar-refractivity contribution < 1.29 is 18.6 Å². The lowest BCUT2D eigenvalue weighted by atomic mass is 9.76. The number of rotatable bonds is 12. The van der Waals surface area contributed by atoms with Crippen molar-refractivity contribution in [3.8, 4) is 22.5 Å². The monoisotopic (exact) mass is 1130 g/mol. The largest absolute Gasteiger partial charge is 0.495 e. The van der Waals surface area contributed by atoms with Crippen LogP contribution in [0.25, 0.3) is 52.5 Å². The fourth-order valence-electron chi connectivity index (χ4n) is 9.36. The van der Waals surface area contributed by atoms with Crippen molar-refractivity contribution in [2.24, 2.45) is 0 Å². The molecule has 4 aliphatic heterocycles. The van der Waals surface area contributed by atoms with Gasteiger partial charge in [0, 0.05) is 21.6 Å². The molecule has 380 valence electrons. The number of hydrogen-bond acceptors (Lipinski definition) is 16. The Bertz CT molecular complexity index is 3300. The van der Waals surface area contributed by atoms with E-state index < -0.39 is 36.6 Å². The van der Waals surface area contributed by atoms with Gasteiger partial charge in [0.2, 0.25) is 0 Å². The van der Waals surface area contributed by atoms with Crippen LogP contribution in [0.4, 0.5) is 0 Å². The third kappa shape index (κ3) is 9.70. The van der Waals surface area contributed by atoms with Gasteiger partial charge in [0.15, 0.2) is 0 Å². The molecule has 11 rings (SSSR count). The molecule has 5 aromatic carbocycles. The van der Waals surface area contributed by atoms with Gasteiger partial charge in [0.05, 0.1) is 73.3 Å². The second kappa shape index (κ2) is 20.6. The quantitative estimate of drug-likeness (QED) is 0.0857. The molecule has 0 bridgehead atoms. The summed E-state index contributed by atoms with van der Waals surface area (Å²) >= 11 is 14.8. The number of benzene rings is 5. The third-order valence-corrected chi connectivity index (χ3v) is 25.2. The van der Waals surface area contributed by atoms with Crippen molar-refractivity contribution >= 4 is 149 Å². The van der Waals surface area contributed by atoms with Crippen LogP contribution >= 0.6 is 94.1 Å². The first-order valence-electron chi connectivity index (χ1n) is 24.2. The zero-order valence-electron chi connectivity index (χ0n) is 43.4. The van der Waals surface area contributed by atoms with E-state index in [0.29, 0.717) is 13.1 Å². The lowest BCUT2D eigenvalue weighted by Gasteiger charge is -2.32. The van der Waals surface area contributed by atoms with E-state index in [-0.39, 0.29) is 0 Å². The Morgan fingerprint density at radius 1 is 0.459 bits per heavy atom. The average molecular weight is 1130 g/mol. The minimum Gasteiger partial charge on any atom is -0.399 e. The molecule has 10 nitrogen and oxygen atoms in total. The predicted octanol–water partition coefficient (Wildman–Crippen LogP) is 12.0. The summed E-state index contributed by atoms with van der Waals surface area (Å²) in [6.07, 6.45) is 12.8. The molecule has 0 amide bonds. The Kier molecular flexibility index (Phi) is 14.7. The Morgan fingerprint density at radius 3 is 1.14 bits per heavy atom. The van der Waals surface area contributed by atoms with Crippen LogP contribution in [0, 0.1) is 0 Å². The lowest BCUT2D eigenvalue weighted by molar-refractivity contribution is 0.00578. The van der Waals surface area contributed by atoms with E-state index in [9.17, 15) is 0 Å². The first-order chi connectivity index (χ1) is 35.4. The van der Waals surface area contributed by atoms with Gasteiger partial charge in [-0.25, -0.2) is 9.36 Å². The standard InChI is InChI=1S/C54H56B2N6O4S8/c1-51(2)52(3,4)64-55(63-51)39-19-15-13-17-33(39)27-61-29-41(57-59-61)31-21-23-35-37(25-31)43(45-71-47(67-9)48(68-10)72-45)36-24-22-32(26-38(36)44(35)46-73-49(69-11)50(70-12)74-46)42-30-62(60-58-42)28-34-18-14-16-20-40(34)56-65-53(5,6)54(7,8)66-56/h13-26,29-30H,27-28H2,1-12H3. The van der Waals surface area contributed by atoms with Gasteiger partial charge in [-0.2, -0.15) is 0 Å². The number of fused-ring (bicyclic) bond motifs is 2. The van der Waals surface area contributed by atoms with Crippen LogP contribution in [0.3, 0.4) is 0 Å². The van der Waals surface area contributed by atoms with Gasteiger partial charge in [-0.05, 0) is 136 Å². The molecule has 74 heavy (non-hydrogen) atoms. The summed E-state index contributed by atoms with van der Waals surface area (Å²) in [5.74, 6) is 0. The van der Waals surface area contributed by atoms with E-state index in [4.69, 9.17) is 39.2 Å². The van der Waals surface area contributed by atoms with Crippen LogP contribution in [-0.4, -0.2) is 91.7 Å². The molecule has 6 heterocycles. The van der Waals surface area contributed by atoms with Crippen LogP contribution in [0.5, 0.6) is 0 Å². The van der Waals surface area contributed by atoms with Crippen molar-refractivity contribution in [3.05, 3.63) is 136 Å². The maximum absolute atomic E-state index is 6.50. The third-order valence-electron chi connectivity index (χ3n) is 14.8. The summed E-state index contributed by atoms with van der Waals surface area (Å²) in [4.78, 5) is 0. The fourth-order valence-corrected chi connectivity index (χ4v) is 19.6. The Balaban J connectivity index is 1.03. The Hall–Kier alpha value is -3.11. The van der Waals surface area contributed by atoms with E-state index in [1.165, 1.54) is 57.4 Å². The van der Waals surface area contributed by atoms with Gasteiger partial charge >= 0.3 is 14.2 Å². The van der Waals surface area contributed by atoms with Gasteiger partial charge in [-0.3, -0.25) is 0 Å². The molecule has 0 aliphatic carbocycles. The minimum atomic E-state index is -0.477. The van der Waals surface area contributed by atoms with Gasteiger partial charge in [0.1, 0.15) is 11.4 Å². The Labute approximate surface area is 468 Å². The van der Waals surface area contributed by atoms with E-state index in [2.05, 4.69) is 166 Å². The number of aromatic nitrogens is 6. The molecule has 0 atom stereocenters. The molecular formula is C54H56B2N6O4S8. The lowest BCUT2D eigenvalue weighted by Crippen LogP contribution is -2.41. The molecular weight excluding hydrogens is 1070 g/mol.